The van der Waals surface area contributed by atoms with Gasteiger partial charge in [-0.25, -0.2) is 0 Å². The molecule has 16 heavy (non-hydrogen) atoms. The summed E-state index contributed by atoms with van der Waals surface area (Å²) in [7, 11) is 1.56. The molecule has 1 aliphatic heterocycles. The molecule has 2 N–H and O–H groups in total. The molecule has 0 bridgehead atoms. The number of amides is 2. The van der Waals surface area contributed by atoms with Gasteiger partial charge >= 0.3 is 0 Å². The Balaban J connectivity index is 2.48. The van der Waals surface area contributed by atoms with Crippen LogP contribution in [0.5, 0.6) is 0 Å². The minimum atomic E-state index is -0.295. The third-order valence-electron chi connectivity index (χ3n) is 2.57. The van der Waals surface area contributed by atoms with E-state index in [9.17, 15) is 9.59 Å². The second-order valence-corrected chi connectivity index (χ2v) is 3.75. The zero-order valence-corrected chi connectivity index (χ0v) is 9.44. The molecule has 6 nitrogen and oxygen atoms in total. The highest BCUT2D eigenvalue weighted by molar-refractivity contribution is 5.89. The predicted octanol–water partition coefficient (Wildman–Crippen LogP) is -1.41. The molecule has 0 aliphatic carbocycles. The summed E-state index contributed by atoms with van der Waals surface area (Å²) >= 11 is 0. The van der Waals surface area contributed by atoms with Crippen LogP contribution in [0.1, 0.15) is 6.42 Å². The maximum atomic E-state index is 12.0. The Hall–Kier alpha value is -1.14. The molecule has 1 saturated heterocycles. The predicted molar refractivity (Wildman–Crippen MR) is 56.7 cm³/mol. The number of aliphatic hydroxyl groups is 1. The Morgan fingerprint density at radius 1 is 1.62 bits per heavy atom. The Morgan fingerprint density at radius 3 is 2.88 bits per heavy atom. The molecular weight excluding hydrogens is 212 g/mol. The first-order chi connectivity index (χ1) is 7.69. The van der Waals surface area contributed by atoms with E-state index in [2.05, 4.69) is 5.32 Å². The van der Waals surface area contributed by atoms with E-state index < -0.39 is 0 Å². The summed E-state index contributed by atoms with van der Waals surface area (Å²) in [6, 6.07) is 0. The standard InChI is InChI=1S/C10H18N2O4/c1-16-5-3-12(2-4-13)10(15)8-6-9(14)11-7-8/h8,13H,2-7H2,1H3,(H,11,14). The lowest BCUT2D eigenvalue weighted by atomic mass is 10.1. The van der Waals surface area contributed by atoms with Crippen LogP contribution in [0, 0.1) is 5.92 Å². The fourth-order valence-corrected chi connectivity index (χ4v) is 1.69. The number of rotatable bonds is 6. The van der Waals surface area contributed by atoms with Crippen molar-refractivity contribution >= 4 is 11.8 Å². The molecule has 6 heteroatoms. The maximum absolute atomic E-state index is 12.0. The number of hydrogen-bond acceptors (Lipinski definition) is 4. The summed E-state index contributed by atoms with van der Waals surface area (Å²) < 4.78 is 4.89. The van der Waals surface area contributed by atoms with Gasteiger partial charge in [-0.15, -0.1) is 0 Å². The molecule has 1 aliphatic rings. The van der Waals surface area contributed by atoms with Gasteiger partial charge in [0.1, 0.15) is 0 Å². The third kappa shape index (κ3) is 3.46. The summed E-state index contributed by atoms with van der Waals surface area (Å²) in [5.41, 5.74) is 0. The Kier molecular flexibility index (Phi) is 5.21. The SMILES string of the molecule is COCCN(CCO)C(=O)C1CNC(=O)C1. The van der Waals surface area contributed by atoms with Gasteiger partial charge in [0.2, 0.25) is 11.8 Å². The van der Waals surface area contributed by atoms with Crippen LogP contribution in [0.15, 0.2) is 0 Å². The van der Waals surface area contributed by atoms with E-state index in [1.54, 1.807) is 7.11 Å². The molecule has 0 radical (unpaired) electrons. The fourth-order valence-electron chi connectivity index (χ4n) is 1.69. The zero-order valence-electron chi connectivity index (χ0n) is 9.44. The molecule has 1 fully saturated rings. The van der Waals surface area contributed by atoms with E-state index in [1.807, 2.05) is 0 Å². The van der Waals surface area contributed by atoms with Crippen LogP contribution in [0.4, 0.5) is 0 Å². The molecule has 2 amide bonds. The zero-order chi connectivity index (χ0) is 12.0. The second kappa shape index (κ2) is 6.44. The van der Waals surface area contributed by atoms with Gasteiger partial charge in [-0.2, -0.15) is 0 Å². The van der Waals surface area contributed by atoms with Gasteiger partial charge in [0.25, 0.3) is 0 Å². The number of hydrogen-bond donors (Lipinski definition) is 2. The molecule has 1 atom stereocenters. The van der Waals surface area contributed by atoms with Gasteiger partial charge < -0.3 is 20.1 Å². The van der Waals surface area contributed by atoms with E-state index in [-0.39, 0.29) is 37.3 Å². The van der Waals surface area contributed by atoms with Crippen LogP contribution in [-0.2, 0) is 14.3 Å². The van der Waals surface area contributed by atoms with Gasteiger partial charge in [-0.05, 0) is 0 Å². The van der Waals surface area contributed by atoms with Crippen molar-refractivity contribution in [1.29, 1.82) is 0 Å². The van der Waals surface area contributed by atoms with Crippen molar-refractivity contribution < 1.29 is 19.4 Å². The van der Waals surface area contributed by atoms with E-state index in [1.165, 1.54) is 4.90 Å². The molecule has 92 valence electrons. The highest BCUT2D eigenvalue weighted by Gasteiger charge is 2.30. The van der Waals surface area contributed by atoms with Crippen molar-refractivity contribution in [2.24, 2.45) is 5.92 Å². The van der Waals surface area contributed by atoms with Crippen LogP contribution in [-0.4, -0.2) is 61.8 Å². The largest absolute Gasteiger partial charge is 0.395 e. The van der Waals surface area contributed by atoms with Gasteiger partial charge in [-0.1, -0.05) is 0 Å². The molecule has 1 unspecified atom stereocenters. The first kappa shape index (κ1) is 12.9. The van der Waals surface area contributed by atoms with E-state index in [0.29, 0.717) is 19.7 Å². The summed E-state index contributed by atoms with van der Waals surface area (Å²) in [6.07, 6.45) is 0.244. The molecule has 0 aromatic carbocycles. The van der Waals surface area contributed by atoms with Crippen molar-refractivity contribution in [2.75, 3.05) is 40.0 Å². The number of carbonyl (C=O) groups excluding carboxylic acids is 2. The Morgan fingerprint density at radius 2 is 2.38 bits per heavy atom. The minimum absolute atomic E-state index is 0.0798. The first-order valence-corrected chi connectivity index (χ1v) is 5.34. The lowest BCUT2D eigenvalue weighted by Gasteiger charge is -2.23. The number of nitrogens with one attached hydrogen (secondary N) is 1. The summed E-state index contributed by atoms with van der Waals surface area (Å²) in [4.78, 5) is 24.5. The van der Waals surface area contributed by atoms with Crippen LogP contribution in [0.3, 0.4) is 0 Å². The van der Waals surface area contributed by atoms with Gasteiger partial charge in [-0.3, -0.25) is 9.59 Å². The normalized spacial score (nSPS) is 19.6. The van der Waals surface area contributed by atoms with E-state index >= 15 is 0 Å². The first-order valence-electron chi connectivity index (χ1n) is 5.34. The van der Waals surface area contributed by atoms with Crippen molar-refractivity contribution in [2.45, 2.75) is 6.42 Å². The lowest BCUT2D eigenvalue weighted by molar-refractivity contribution is -0.136. The molecule has 0 spiro atoms. The quantitative estimate of drug-likeness (QED) is 0.587. The second-order valence-electron chi connectivity index (χ2n) is 3.75. The van der Waals surface area contributed by atoms with Crippen LogP contribution in [0.25, 0.3) is 0 Å². The lowest BCUT2D eigenvalue weighted by Crippen LogP contribution is -2.40. The number of carbonyl (C=O) groups is 2. The number of nitrogens with zero attached hydrogens (tertiary/aromatic N) is 1. The van der Waals surface area contributed by atoms with Gasteiger partial charge in [0.15, 0.2) is 0 Å². The summed E-state index contributed by atoms with van der Waals surface area (Å²) in [5, 5.41) is 11.5. The van der Waals surface area contributed by atoms with Crippen molar-refractivity contribution in [1.82, 2.24) is 10.2 Å². The van der Waals surface area contributed by atoms with Crippen molar-refractivity contribution in [3.05, 3.63) is 0 Å². The highest BCUT2D eigenvalue weighted by atomic mass is 16.5. The van der Waals surface area contributed by atoms with Crippen LogP contribution >= 0.6 is 0 Å². The molecule has 1 heterocycles. The Bertz CT molecular complexity index is 257. The molecular formula is C10H18N2O4. The smallest absolute Gasteiger partial charge is 0.228 e. The number of methoxy groups -OCH3 is 1. The monoisotopic (exact) mass is 230 g/mol. The molecule has 0 saturated carbocycles. The van der Waals surface area contributed by atoms with Crippen molar-refractivity contribution in [3.63, 3.8) is 0 Å². The van der Waals surface area contributed by atoms with Crippen molar-refractivity contribution in [3.8, 4) is 0 Å². The average Bonchev–Trinajstić information content (AvgIpc) is 2.70. The molecule has 0 aromatic rings. The fraction of sp³-hybridized carbons (Fsp3) is 0.800. The third-order valence-corrected chi connectivity index (χ3v) is 2.57. The minimum Gasteiger partial charge on any atom is -0.395 e. The Labute approximate surface area is 94.6 Å². The maximum Gasteiger partial charge on any atom is 0.228 e. The van der Waals surface area contributed by atoms with Gasteiger partial charge in [0.05, 0.1) is 19.1 Å². The molecule has 1 rings (SSSR count). The van der Waals surface area contributed by atoms with Gasteiger partial charge in [0, 0.05) is 33.2 Å². The van der Waals surface area contributed by atoms with E-state index in [0.717, 1.165) is 0 Å². The van der Waals surface area contributed by atoms with Crippen LogP contribution < -0.4 is 5.32 Å². The number of ether oxygens (including phenoxy) is 1. The molecule has 0 aromatic heterocycles. The van der Waals surface area contributed by atoms with Crippen LogP contribution in [0.2, 0.25) is 0 Å². The highest BCUT2D eigenvalue weighted by Crippen LogP contribution is 2.12. The van der Waals surface area contributed by atoms with E-state index in [4.69, 9.17) is 9.84 Å². The average molecular weight is 230 g/mol. The topological polar surface area (TPSA) is 78.9 Å². The summed E-state index contributed by atoms with van der Waals surface area (Å²) in [5.74, 6) is -0.477. The number of aliphatic hydroxyl groups excluding tert-OH is 1. The summed E-state index contributed by atoms with van der Waals surface area (Å²) in [6.45, 7) is 1.48.